The van der Waals surface area contributed by atoms with E-state index in [0.29, 0.717) is 11.3 Å². The SMILES string of the molecule is C[C@@H](NS(=O)(=O)c1ccccc1C#N)c1cc2ccccc2o1. The topological polar surface area (TPSA) is 83.1 Å². The molecule has 1 atom stereocenters. The number of hydrogen-bond donors (Lipinski definition) is 1. The normalized spacial score (nSPS) is 12.9. The molecule has 23 heavy (non-hydrogen) atoms. The van der Waals surface area contributed by atoms with E-state index in [1.807, 2.05) is 30.3 Å². The molecule has 0 unspecified atom stereocenters. The van der Waals surface area contributed by atoms with Gasteiger partial charge >= 0.3 is 0 Å². The zero-order valence-electron chi connectivity index (χ0n) is 12.4. The van der Waals surface area contributed by atoms with Crippen LogP contribution in [0.3, 0.4) is 0 Å². The average molecular weight is 326 g/mol. The smallest absolute Gasteiger partial charge is 0.242 e. The molecule has 0 saturated heterocycles. The third kappa shape index (κ3) is 2.97. The number of nitriles is 1. The third-order valence-electron chi connectivity index (χ3n) is 3.50. The number of nitrogens with zero attached hydrogens (tertiary/aromatic N) is 1. The maximum Gasteiger partial charge on any atom is 0.242 e. The van der Waals surface area contributed by atoms with Crippen LogP contribution in [0.2, 0.25) is 0 Å². The molecule has 1 heterocycles. The summed E-state index contributed by atoms with van der Waals surface area (Å²) in [5.74, 6) is 0.518. The molecule has 0 aliphatic heterocycles. The summed E-state index contributed by atoms with van der Waals surface area (Å²) in [6.45, 7) is 1.70. The third-order valence-corrected chi connectivity index (χ3v) is 5.10. The Labute approximate surface area is 134 Å². The summed E-state index contributed by atoms with van der Waals surface area (Å²) in [6.07, 6.45) is 0. The van der Waals surface area contributed by atoms with Gasteiger partial charge in [-0.05, 0) is 31.2 Å². The van der Waals surface area contributed by atoms with Crippen molar-refractivity contribution in [1.29, 1.82) is 5.26 Å². The fourth-order valence-electron chi connectivity index (χ4n) is 2.36. The molecular weight excluding hydrogens is 312 g/mol. The highest BCUT2D eigenvalue weighted by atomic mass is 32.2. The maximum absolute atomic E-state index is 12.5. The molecule has 1 aromatic heterocycles. The Morgan fingerprint density at radius 1 is 1.13 bits per heavy atom. The van der Waals surface area contributed by atoms with Crippen molar-refractivity contribution in [3.8, 4) is 6.07 Å². The first-order chi connectivity index (χ1) is 11.0. The van der Waals surface area contributed by atoms with Crippen molar-refractivity contribution in [2.75, 3.05) is 0 Å². The van der Waals surface area contributed by atoms with Crippen molar-refractivity contribution in [3.05, 3.63) is 65.9 Å². The number of rotatable bonds is 4. The van der Waals surface area contributed by atoms with Gasteiger partial charge in [0.15, 0.2) is 0 Å². The zero-order valence-corrected chi connectivity index (χ0v) is 13.2. The predicted octanol–water partition coefficient (Wildman–Crippen LogP) is 3.34. The Balaban J connectivity index is 1.92. The van der Waals surface area contributed by atoms with Gasteiger partial charge in [0.2, 0.25) is 10.0 Å². The Hall–Kier alpha value is -2.62. The minimum Gasteiger partial charge on any atom is -0.459 e. The minimum absolute atomic E-state index is 0.0366. The van der Waals surface area contributed by atoms with Crippen molar-refractivity contribution >= 4 is 21.0 Å². The van der Waals surface area contributed by atoms with Gasteiger partial charge in [0.25, 0.3) is 0 Å². The van der Waals surface area contributed by atoms with Gasteiger partial charge in [-0.15, -0.1) is 0 Å². The lowest BCUT2D eigenvalue weighted by molar-refractivity contribution is 0.484. The molecule has 0 bridgehead atoms. The van der Waals surface area contributed by atoms with Crippen molar-refractivity contribution < 1.29 is 12.8 Å². The molecule has 116 valence electrons. The van der Waals surface area contributed by atoms with Gasteiger partial charge in [-0.3, -0.25) is 0 Å². The lowest BCUT2D eigenvalue weighted by atomic mass is 10.2. The Kier molecular flexibility index (Phi) is 3.90. The van der Waals surface area contributed by atoms with Gasteiger partial charge in [0, 0.05) is 5.39 Å². The molecule has 6 heteroatoms. The van der Waals surface area contributed by atoms with E-state index < -0.39 is 16.1 Å². The number of benzene rings is 2. The Bertz CT molecular complexity index is 967. The standard InChI is InChI=1S/C17H14N2O3S/c1-12(16-10-13-6-2-4-8-15(13)22-16)19-23(20,21)17-9-5-3-7-14(17)11-18/h2-10,12,19H,1H3/t12-/m1/s1. The average Bonchev–Trinajstić information content (AvgIpc) is 2.98. The van der Waals surface area contributed by atoms with Crippen LogP contribution in [0.15, 0.2) is 63.9 Å². The highest BCUT2D eigenvalue weighted by molar-refractivity contribution is 7.89. The molecule has 0 aliphatic carbocycles. The van der Waals surface area contributed by atoms with Crippen LogP contribution in [0.25, 0.3) is 11.0 Å². The van der Waals surface area contributed by atoms with Crippen LogP contribution in [0.4, 0.5) is 0 Å². The van der Waals surface area contributed by atoms with E-state index in [4.69, 9.17) is 9.68 Å². The van der Waals surface area contributed by atoms with Crippen molar-refractivity contribution in [1.82, 2.24) is 4.72 Å². The van der Waals surface area contributed by atoms with Gasteiger partial charge in [0.1, 0.15) is 17.4 Å². The van der Waals surface area contributed by atoms with Gasteiger partial charge in [-0.25, -0.2) is 13.1 Å². The van der Waals surface area contributed by atoms with Crippen molar-refractivity contribution in [3.63, 3.8) is 0 Å². The minimum atomic E-state index is -3.82. The quantitative estimate of drug-likeness (QED) is 0.797. The van der Waals surface area contributed by atoms with E-state index in [0.717, 1.165) is 5.39 Å². The molecule has 2 aromatic carbocycles. The molecule has 0 aliphatic rings. The Morgan fingerprint density at radius 3 is 2.57 bits per heavy atom. The molecular formula is C17H14N2O3S. The van der Waals surface area contributed by atoms with E-state index in [9.17, 15) is 8.42 Å². The van der Waals surface area contributed by atoms with E-state index in [-0.39, 0.29) is 10.5 Å². The van der Waals surface area contributed by atoms with Crippen LogP contribution in [0, 0.1) is 11.3 Å². The molecule has 0 radical (unpaired) electrons. The van der Waals surface area contributed by atoms with Crippen LogP contribution in [0.1, 0.15) is 24.3 Å². The highest BCUT2D eigenvalue weighted by Crippen LogP contribution is 2.25. The molecule has 1 N–H and O–H groups in total. The number of nitrogens with one attached hydrogen (secondary N) is 1. The number of furan rings is 1. The van der Waals surface area contributed by atoms with Gasteiger partial charge in [0.05, 0.1) is 16.5 Å². The van der Waals surface area contributed by atoms with Crippen LogP contribution < -0.4 is 4.72 Å². The number of fused-ring (bicyclic) bond motifs is 1. The maximum atomic E-state index is 12.5. The molecule has 3 aromatic rings. The largest absolute Gasteiger partial charge is 0.459 e. The van der Waals surface area contributed by atoms with Crippen LogP contribution >= 0.6 is 0 Å². The molecule has 0 amide bonds. The first kappa shape index (κ1) is 15.3. The molecule has 0 spiro atoms. The summed E-state index contributed by atoms with van der Waals surface area (Å²) in [5, 5.41) is 9.98. The fraction of sp³-hybridized carbons (Fsp3) is 0.118. The van der Waals surface area contributed by atoms with Crippen molar-refractivity contribution in [2.24, 2.45) is 0 Å². The van der Waals surface area contributed by atoms with E-state index in [1.54, 1.807) is 25.1 Å². The van der Waals surface area contributed by atoms with Crippen molar-refractivity contribution in [2.45, 2.75) is 17.9 Å². The predicted molar refractivity (Wildman–Crippen MR) is 86.1 cm³/mol. The molecule has 0 saturated carbocycles. The summed E-state index contributed by atoms with van der Waals surface area (Å²) >= 11 is 0. The lowest BCUT2D eigenvalue weighted by Crippen LogP contribution is -2.27. The van der Waals surface area contributed by atoms with E-state index in [1.165, 1.54) is 12.1 Å². The lowest BCUT2D eigenvalue weighted by Gasteiger charge is -2.12. The van der Waals surface area contributed by atoms with Crippen LogP contribution in [-0.4, -0.2) is 8.42 Å². The Morgan fingerprint density at radius 2 is 1.83 bits per heavy atom. The number of sulfonamides is 1. The van der Waals surface area contributed by atoms with Gasteiger partial charge in [-0.2, -0.15) is 5.26 Å². The summed E-state index contributed by atoms with van der Waals surface area (Å²) in [4.78, 5) is -0.0366. The second kappa shape index (κ2) is 5.88. The summed E-state index contributed by atoms with van der Waals surface area (Å²) in [6, 6.07) is 16.7. The number of hydrogen-bond acceptors (Lipinski definition) is 4. The first-order valence-electron chi connectivity index (χ1n) is 7.01. The van der Waals surface area contributed by atoms with Gasteiger partial charge < -0.3 is 4.42 Å². The van der Waals surface area contributed by atoms with Gasteiger partial charge in [-0.1, -0.05) is 30.3 Å². The second-order valence-electron chi connectivity index (χ2n) is 5.14. The fourth-order valence-corrected chi connectivity index (χ4v) is 3.73. The molecule has 5 nitrogen and oxygen atoms in total. The monoisotopic (exact) mass is 326 g/mol. The second-order valence-corrected chi connectivity index (χ2v) is 6.82. The van der Waals surface area contributed by atoms with Crippen LogP contribution in [-0.2, 0) is 10.0 Å². The van der Waals surface area contributed by atoms with E-state index >= 15 is 0 Å². The molecule has 3 rings (SSSR count). The summed E-state index contributed by atoms with van der Waals surface area (Å²) in [5.41, 5.74) is 0.808. The van der Waals surface area contributed by atoms with Crippen LogP contribution in [0.5, 0.6) is 0 Å². The van der Waals surface area contributed by atoms with E-state index in [2.05, 4.69) is 4.72 Å². The molecule has 0 fully saturated rings. The number of para-hydroxylation sites is 1. The highest BCUT2D eigenvalue weighted by Gasteiger charge is 2.23. The zero-order chi connectivity index (χ0) is 16.4. The first-order valence-corrected chi connectivity index (χ1v) is 8.49. The summed E-state index contributed by atoms with van der Waals surface area (Å²) in [7, 11) is -3.82. The summed E-state index contributed by atoms with van der Waals surface area (Å²) < 4.78 is 33.2.